The fourth-order valence-corrected chi connectivity index (χ4v) is 1.81. The first-order chi connectivity index (χ1) is 10.1. The van der Waals surface area contributed by atoms with Gasteiger partial charge < -0.3 is 16.5 Å². The summed E-state index contributed by atoms with van der Waals surface area (Å²) in [5.41, 5.74) is 10.7. The Bertz CT molecular complexity index is 345. The monoisotopic (exact) mass is 292 g/mol. The third-order valence-corrected chi connectivity index (χ3v) is 3.13. The Morgan fingerprint density at radius 2 is 2.10 bits per heavy atom. The maximum absolute atomic E-state index is 5.49. The summed E-state index contributed by atoms with van der Waals surface area (Å²) >= 11 is 0. The molecule has 1 atom stereocenters. The average Bonchev–Trinajstić information content (AvgIpc) is 2.46. The summed E-state index contributed by atoms with van der Waals surface area (Å²) in [7, 11) is 0. The number of hydrazone groups is 1. The molecule has 0 heterocycles. The van der Waals surface area contributed by atoms with E-state index in [-0.39, 0.29) is 0 Å². The SMILES string of the molecule is C=C/C(C)=C\C=N/NCCCC(=C)NC(C)CCCCN. The van der Waals surface area contributed by atoms with Crippen molar-refractivity contribution in [2.24, 2.45) is 10.8 Å². The summed E-state index contributed by atoms with van der Waals surface area (Å²) < 4.78 is 0. The number of hydrogen-bond donors (Lipinski definition) is 3. The van der Waals surface area contributed by atoms with Gasteiger partial charge in [0, 0.05) is 24.5 Å². The lowest BCUT2D eigenvalue weighted by Gasteiger charge is -2.17. The van der Waals surface area contributed by atoms with Gasteiger partial charge in [0.2, 0.25) is 0 Å². The van der Waals surface area contributed by atoms with Crippen LogP contribution < -0.4 is 16.5 Å². The molecule has 0 amide bonds. The highest BCUT2D eigenvalue weighted by Gasteiger charge is 2.02. The van der Waals surface area contributed by atoms with E-state index in [4.69, 9.17) is 5.73 Å². The lowest BCUT2D eigenvalue weighted by atomic mass is 10.1. The molecule has 4 heteroatoms. The molecule has 0 aliphatic heterocycles. The van der Waals surface area contributed by atoms with Gasteiger partial charge in [-0.1, -0.05) is 31.2 Å². The summed E-state index contributed by atoms with van der Waals surface area (Å²) in [6.07, 6.45) is 10.9. The smallest absolute Gasteiger partial charge is 0.0470 e. The van der Waals surface area contributed by atoms with Gasteiger partial charge in [-0.15, -0.1) is 0 Å². The summed E-state index contributed by atoms with van der Waals surface area (Å²) in [5.74, 6) is 0. The van der Waals surface area contributed by atoms with E-state index in [1.165, 1.54) is 6.42 Å². The van der Waals surface area contributed by atoms with Crippen LogP contribution >= 0.6 is 0 Å². The lowest BCUT2D eigenvalue weighted by Crippen LogP contribution is -2.25. The molecule has 4 nitrogen and oxygen atoms in total. The first-order valence-electron chi connectivity index (χ1n) is 7.79. The number of nitrogens with two attached hydrogens (primary N) is 1. The van der Waals surface area contributed by atoms with Crippen LogP contribution in [0.15, 0.2) is 41.7 Å². The van der Waals surface area contributed by atoms with Crippen molar-refractivity contribution in [2.75, 3.05) is 13.1 Å². The Hall–Kier alpha value is -1.55. The molecule has 0 aromatic rings. The minimum Gasteiger partial charge on any atom is -0.386 e. The summed E-state index contributed by atoms with van der Waals surface area (Å²) in [5, 5.41) is 7.55. The maximum atomic E-state index is 5.49. The second-order valence-electron chi connectivity index (χ2n) is 5.34. The molecular weight excluding hydrogens is 260 g/mol. The molecular formula is C17H32N4. The van der Waals surface area contributed by atoms with Crippen LogP contribution in [0.1, 0.15) is 46.0 Å². The Morgan fingerprint density at radius 1 is 1.33 bits per heavy atom. The van der Waals surface area contributed by atoms with Crippen LogP contribution in [0.2, 0.25) is 0 Å². The van der Waals surface area contributed by atoms with Gasteiger partial charge in [0.25, 0.3) is 0 Å². The zero-order valence-corrected chi connectivity index (χ0v) is 13.7. The summed E-state index contributed by atoms with van der Waals surface area (Å²) in [6.45, 7) is 13.6. The molecule has 120 valence electrons. The van der Waals surface area contributed by atoms with E-state index in [1.54, 1.807) is 12.3 Å². The third-order valence-electron chi connectivity index (χ3n) is 3.13. The first-order valence-corrected chi connectivity index (χ1v) is 7.79. The molecule has 0 aliphatic rings. The van der Waals surface area contributed by atoms with E-state index < -0.39 is 0 Å². The van der Waals surface area contributed by atoms with Crippen LogP contribution in [-0.4, -0.2) is 25.3 Å². The molecule has 0 aromatic heterocycles. The van der Waals surface area contributed by atoms with Crippen molar-refractivity contribution in [3.05, 3.63) is 36.6 Å². The fraction of sp³-hybridized carbons (Fsp3) is 0.588. The van der Waals surface area contributed by atoms with E-state index >= 15 is 0 Å². The fourth-order valence-electron chi connectivity index (χ4n) is 1.81. The molecule has 0 spiro atoms. The Morgan fingerprint density at radius 3 is 2.76 bits per heavy atom. The van der Waals surface area contributed by atoms with E-state index in [1.807, 2.05) is 13.0 Å². The highest BCUT2D eigenvalue weighted by Crippen LogP contribution is 2.04. The molecule has 0 saturated heterocycles. The van der Waals surface area contributed by atoms with Gasteiger partial charge in [-0.3, -0.25) is 0 Å². The van der Waals surface area contributed by atoms with Gasteiger partial charge in [0.1, 0.15) is 0 Å². The normalized spacial score (nSPS) is 13.2. The molecule has 1 unspecified atom stereocenters. The predicted octanol–water partition coefficient (Wildman–Crippen LogP) is 3.10. The third kappa shape index (κ3) is 13.2. The quantitative estimate of drug-likeness (QED) is 0.211. The van der Waals surface area contributed by atoms with Crippen LogP contribution in [0.4, 0.5) is 0 Å². The zero-order chi connectivity index (χ0) is 15.9. The number of nitrogens with zero attached hydrogens (tertiary/aromatic N) is 1. The number of rotatable bonds is 13. The van der Waals surface area contributed by atoms with E-state index in [2.05, 4.69) is 35.9 Å². The van der Waals surface area contributed by atoms with Gasteiger partial charge >= 0.3 is 0 Å². The van der Waals surface area contributed by atoms with Crippen molar-refractivity contribution >= 4 is 6.21 Å². The number of nitrogens with one attached hydrogen (secondary N) is 2. The van der Waals surface area contributed by atoms with Crippen molar-refractivity contribution in [3.8, 4) is 0 Å². The molecule has 4 N–H and O–H groups in total. The molecule has 0 aliphatic carbocycles. The number of unbranched alkanes of at least 4 members (excludes halogenated alkanes) is 1. The van der Waals surface area contributed by atoms with Crippen molar-refractivity contribution in [1.29, 1.82) is 0 Å². The number of allylic oxidation sites excluding steroid dienone is 4. The van der Waals surface area contributed by atoms with Crippen LogP contribution in [0, 0.1) is 0 Å². The summed E-state index contributed by atoms with van der Waals surface area (Å²) in [6, 6.07) is 0.474. The van der Waals surface area contributed by atoms with Crippen molar-refractivity contribution in [1.82, 2.24) is 10.7 Å². The first kappa shape index (κ1) is 19.4. The second-order valence-corrected chi connectivity index (χ2v) is 5.34. The Labute approximate surface area is 130 Å². The van der Waals surface area contributed by atoms with Crippen molar-refractivity contribution in [3.63, 3.8) is 0 Å². The van der Waals surface area contributed by atoms with Crippen LogP contribution in [-0.2, 0) is 0 Å². The molecule has 0 radical (unpaired) electrons. The van der Waals surface area contributed by atoms with Crippen LogP contribution in [0.3, 0.4) is 0 Å². The van der Waals surface area contributed by atoms with Gasteiger partial charge in [-0.05, 0) is 52.2 Å². The Balaban J connectivity index is 3.59. The molecule has 0 bridgehead atoms. The van der Waals surface area contributed by atoms with Gasteiger partial charge in [0.05, 0.1) is 0 Å². The van der Waals surface area contributed by atoms with Crippen molar-refractivity contribution in [2.45, 2.75) is 52.0 Å². The second kappa shape index (κ2) is 13.4. The van der Waals surface area contributed by atoms with E-state index in [0.29, 0.717) is 6.04 Å². The van der Waals surface area contributed by atoms with Gasteiger partial charge in [0.15, 0.2) is 0 Å². The molecule has 0 rings (SSSR count). The number of hydrogen-bond acceptors (Lipinski definition) is 4. The lowest BCUT2D eigenvalue weighted by molar-refractivity contribution is 0.519. The maximum Gasteiger partial charge on any atom is 0.0470 e. The Kier molecular flexibility index (Phi) is 12.4. The highest BCUT2D eigenvalue weighted by molar-refractivity contribution is 5.72. The molecule has 0 fully saturated rings. The minimum absolute atomic E-state index is 0.474. The highest BCUT2D eigenvalue weighted by atomic mass is 15.3. The zero-order valence-electron chi connectivity index (χ0n) is 13.7. The van der Waals surface area contributed by atoms with Crippen LogP contribution in [0.25, 0.3) is 0 Å². The topological polar surface area (TPSA) is 62.4 Å². The summed E-state index contributed by atoms with van der Waals surface area (Å²) in [4.78, 5) is 0. The van der Waals surface area contributed by atoms with E-state index in [9.17, 15) is 0 Å². The van der Waals surface area contributed by atoms with Crippen LogP contribution in [0.5, 0.6) is 0 Å². The van der Waals surface area contributed by atoms with Crippen molar-refractivity contribution < 1.29 is 0 Å². The van der Waals surface area contributed by atoms with E-state index in [0.717, 1.165) is 50.0 Å². The standard InChI is InChI=1S/C17H32N4/c1-5-15(2)11-14-20-19-13-8-10-17(4)21-16(3)9-6-7-12-18/h5,11,14,16,19,21H,1,4,6-10,12-13,18H2,2-3H3/b15-11-,20-14-. The molecule has 0 aromatic carbocycles. The average molecular weight is 292 g/mol. The van der Waals surface area contributed by atoms with Gasteiger partial charge in [-0.2, -0.15) is 5.10 Å². The molecule has 21 heavy (non-hydrogen) atoms. The van der Waals surface area contributed by atoms with Gasteiger partial charge in [-0.25, -0.2) is 0 Å². The molecule has 0 saturated carbocycles. The largest absolute Gasteiger partial charge is 0.386 e. The minimum atomic E-state index is 0.474. The predicted molar refractivity (Wildman–Crippen MR) is 94.3 cm³/mol.